The van der Waals surface area contributed by atoms with Crippen molar-refractivity contribution in [1.82, 2.24) is 9.62 Å². The van der Waals surface area contributed by atoms with Gasteiger partial charge in [-0.3, -0.25) is 0 Å². The Kier molecular flexibility index (Phi) is 5.23. The van der Waals surface area contributed by atoms with Gasteiger partial charge in [0.2, 0.25) is 0 Å². The summed E-state index contributed by atoms with van der Waals surface area (Å²) in [5.41, 5.74) is 1.07. The molecule has 1 aliphatic heterocycles. The van der Waals surface area contributed by atoms with Crippen LogP contribution in [0.3, 0.4) is 0 Å². The second-order valence-electron chi connectivity index (χ2n) is 5.56. The van der Waals surface area contributed by atoms with Crippen LogP contribution < -0.4 is 5.32 Å². The van der Waals surface area contributed by atoms with Gasteiger partial charge in [0, 0.05) is 24.5 Å². The van der Waals surface area contributed by atoms with Crippen LogP contribution in [0.2, 0.25) is 0 Å². The lowest BCUT2D eigenvalue weighted by Gasteiger charge is -2.29. The molecule has 0 spiro atoms. The van der Waals surface area contributed by atoms with Crippen LogP contribution in [0.5, 0.6) is 0 Å². The Labute approximate surface area is 126 Å². The van der Waals surface area contributed by atoms with Gasteiger partial charge in [0.15, 0.2) is 0 Å². The van der Waals surface area contributed by atoms with Gasteiger partial charge in [0.05, 0.1) is 0 Å². The van der Waals surface area contributed by atoms with Crippen molar-refractivity contribution in [3.05, 3.63) is 16.5 Å². The Morgan fingerprint density at radius 1 is 1.50 bits per heavy atom. The van der Waals surface area contributed by atoms with Crippen LogP contribution in [0.25, 0.3) is 0 Å². The third-order valence-electron chi connectivity index (χ3n) is 3.75. The first-order chi connectivity index (χ1) is 9.45. The molecule has 1 aromatic heterocycles. The normalized spacial score (nSPS) is 21.2. The zero-order valence-corrected chi connectivity index (χ0v) is 14.1. The first-order valence-electron chi connectivity index (χ1n) is 7.25. The van der Waals surface area contributed by atoms with Gasteiger partial charge in [-0.25, -0.2) is 8.42 Å². The van der Waals surface area contributed by atoms with E-state index in [1.807, 2.05) is 13.0 Å². The van der Waals surface area contributed by atoms with Crippen molar-refractivity contribution in [2.24, 2.45) is 5.92 Å². The van der Waals surface area contributed by atoms with Crippen LogP contribution in [0.4, 0.5) is 0 Å². The summed E-state index contributed by atoms with van der Waals surface area (Å²) in [6.45, 7) is 9.12. The minimum atomic E-state index is -3.30. The average molecular weight is 316 g/mol. The van der Waals surface area contributed by atoms with E-state index in [1.54, 1.807) is 4.31 Å². The molecule has 1 aromatic rings. The molecule has 0 aromatic carbocycles. The number of hydrogen-bond donors (Lipinski definition) is 1. The Hall–Kier alpha value is -0.430. The van der Waals surface area contributed by atoms with Gasteiger partial charge < -0.3 is 5.32 Å². The summed E-state index contributed by atoms with van der Waals surface area (Å²) in [6, 6.07) is 1.83. The molecule has 0 radical (unpaired) electrons. The minimum Gasteiger partial charge on any atom is -0.312 e. The van der Waals surface area contributed by atoms with Crippen molar-refractivity contribution in [3.8, 4) is 0 Å². The fraction of sp³-hybridized carbons (Fsp3) is 0.714. The molecule has 6 heteroatoms. The lowest BCUT2D eigenvalue weighted by atomic mass is 10.0. The van der Waals surface area contributed by atoms with Crippen molar-refractivity contribution in [2.75, 3.05) is 19.6 Å². The predicted molar refractivity (Wildman–Crippen MR) is 83.6 cm³/mol. The van der Waals surface area contributed by atoms with Gasteiger partial charge in [0.25, 0.3) is 10.0 Å². The van der Waals surface area contributed by atoms with Gasteiger partial charge in [-0.1, -0.05) is 13.8 Å². The molecule has 0 aliphatic carbocycles. The van der Waals surface area contributed by atoms with E-state index < -0.39 is 10.0 Å². The lowest BCUT2D eigenvalue weighted by molar-refractivity contribution is 0.281. The van der Waals surface area contributed by atoms with Crippen LogP contribution in [-0.2, 0) is 16.6 Å². The largest absolute Gasteiger partial charge is 0.312 e. The van der Waals surface area contributed by atoms with E-state index in [0.717, 1.165) is 36.4 Å². The molecule has 1 atom stereocenters. The Balaban J connectivity index is 2.21. The summed E-state index contributed by atoms with van der Waals surface area (Å²) in [5.74, 6) is 0.459. The van der Waals surface area contributed by atoms with Crippen molar-refractivity contribution in [1.29, 1.82) is 0 Å². The standard InChI is InChI=1S/C14H24N2O2S2/c1-4-15-9-13-12(3)8-14(19-13)20(17,18)16-7-5-6-11(2)10-16/h8,11,15H,4-7,9-10H2,1-3H3. The molecule has 0 saturated carbocycles. The molecule has 0 amide bonds. The highest BCUT2D eigenvalue weighted by Gasteiger charge is 2.30. The summed E-state index contributed by atoms with van der Waals surface area (Å²) in [5, 5.41) is 3.26. The van der Waals surface area contributed by atoms with Crippen molar-refractivity contribution < 1.29 is 8.42 Å². The Morgan fingerprint density at radius 2 is 2.25 bits per heavy atom. The fourth-order valence-electron chi connectivity index (χ4n) is 2.52. The smallest absolute Gasteiger partial charge is 0.252 e. The molecule has 1 saturated heterocycles. The second kappa shape index (κ2) is 6.56. The molecule has 114 valence electrons. The molecule has 1 fully saturated rings. The topological polar surface area (TPSA) is 49.4 Å². The molecular formula is C14H24N2O2S2. The lowest BCUT2D eigenvalue weighted by Crippen LogP contribution is -2.38. The van der Waals surface area contributed by atoms with Gasteiger partial charge in [-0.15, -0.1) is 11.3 Å². The zero-order chi connectivity index (χ0) is 14.8. The highest BCUT2D eigenvalue weighted by molar-refractivity contribution is 7.91. The van der Waals surface area contributed by atoms with Crippen LogP contribution in [0.1, 0.15) is 37.1 Å². The third-order valence-corrected chi connectivity index (χ3v) is 7.30. The van der Waals surface area contributed by atoms with E-state index in [-0.39, 0.29) is 0 Å². The van der Waals surface area contributed by atoms with Gasteiger partial charge in [-0.05, 0) is 43.9 Å². The van der Waals surface area contributed by atoms with Crippen LogP contribution in [-0.4, -0.2) is 32.4 Å². The van der Waals surface area contributed by atoms with E-state index in [9.17, 15) is 8.42 Å². The number of piperidine rings is 1. The van der Waals surface area contributed by atoms with Crippen molar-refractivity contribution in [3.63, 3.8) is 0 Å². The summed E-state index contributed by atoms with van der Waals surface area (Å²) in [6.07, 6.45) is 2.09. The Morgan fingerprint density at radius 3 is 2.90 bits per heavy atom. The summed E-state index contributed by atoms with van der Waals surface area (Å²) < 4.78 is 27.5. The SMILES string of the molecule is CCNCc1sc(S(=O)(=O)N2CCCC(C)C2)cc1C. The predicted octanol–water partition coefficient (Wildman–Crippen LogP) is 2.59. The monoisotopic (exact) mass is 316 g/mol. The van der Waals surface area contributed by atoms with Gasteiger partial charge in [0.1, 0.15) is 4.21 Å². The first-order valence-corrected chi connectivity index (χ1v) is 9.51. The number of hydrogen-bond acceptors (Lipinski definition) is 4. The number of rotatable bonds is 5. The molecule has 1 N–H and O–H groups in total. The molecule has 1 aliphatic rings. The zero-order valence-electron chi connectivity index (χ0n) is 12.5. The van der Waals surface area contributed by atoms with E-state index in [4.69, 9.17) is 0 Å². The highest BCUT2D eigenvalue weighted by Crippen LogP contribution is 2.30. The minimum absolute atomic E-state index is 0.459. The molecule has 0 bridgehead atoms. The van der Waals surface area contributed by atoms with E-state index in [2.05, 4.69) is 19.2 Å². The molecule has 1 unspecified atom stereocenters. The maximum absolute atomic E-state index is 12.7. The quantitative estimate of drug-likeness (QED) is 0.908. The Bertz CT molecular complexity index is 552. The fourth-order valence-corrected chi connectivity index (χ4v) is 5.83. The highest BCUT2D eigenvalue weighted by atomic mass is 32.2. The number of aryl methyl sites for hydroxylation is 1. The van der Waals surface area contributed by atoms with Gasteiger partial charge in [-0.2, -0.15) is 4.31 Å². The van der Waals surface area contributed by atoms with E-state index >= 15 is 0 Å². The molecular weight excluding hydrogens is 292 g/mol. The van der Waals surface area contributed by atoms with Crippen LogP contribution >= 0.6 is 11.3 Å². The summed E-state index contributed by atoms with van der Waals surface area (Å²) >= 11 is 1.41. The average Bonchev–Trinajstić information content (AvgIpc) is 2.78. The van der Waals surface area contributed by atoms with E-state index in [1.165, 1.54) is 11.3 Å². The summed E-state index contributed by atoms with van der Waals surface area (Å²) in [7, 11) is -3.30. The van der Waals surface area contributed by atoms with Crippen LogP contribution in [0, 0.1) is 12.8 Å². The maximum atomic E-state index is 12.7. The summed E-state index contributed by atoms with van der Waals surface area (Å²) in [4.78, 5) is 1.12. The molecule has 2 heterocycles. The first kappa shape index (κ1) is 15.9. The van der Waals surface area contributed by atoms with E-state index in [0.29, 0.717) is 23.2 Å². The second-order valence-corrected chi connectivity index (χ2v) is 8.86. The number of thiophene rings is 1. The third kappa shape index (κ3) is 3.42. The number of nitrogens with one attached hydrogen (secondary N) is 1. The maximum Gasteiger partial charge on any atom is 0.252 e. The van der Waals surface area contributed by atoms with Crippen LogP contribution in [0.15, 0.2) is 10.3 Å². The van der Waals surface area contributed by atoms with Crippen molar-refractivity contribution in [2.45, 2.75) is 44.4 Å². The van der Waals surface area contributed by atoms with Crippen molar-refractivity contribution >= 4 is 21.4 Å². The molecule has 2 rings (SSSR count). The molecule has 4 nitrogen and oxygen atoms in total. The number of sulfonamides is 1. The molecule has 20 heavy (non-hydrogen) atoms. The van der Waals surface area contributed by atoms with Gasteiger partial charge >= 0.3 is 0 Å². The number of nitrogens with zero attached hydrogens (tertiary/aromatic N) is 1.